The van der Waals surface area contributed by atoms with E-state index >= 15 is 0 Å². The zero-order chi connectivity index (χ0) is 18.3. The highest BCUT2D eigenvalue weighted by Crippen LogP contribution is 2.33. The minimum absolute atomic E-state index is 0.0191. The van der Waals surface area contributed by atoms with Gasteiger partial charge in [-0.1, -0.05) is 41.4 Å². The zero-order valence-electron chi connectivity index (χ0n) is 13.4. The maximum absolute atomic E-state index is 12.5. The lowest BCUT2D eigenvalue weighted by Crippen LogP contribution is -2.28. The van der Waals surface area contributed by atoms with E-state index in [-0.39, 0.29) is 18.9 Å². The van der Waals surface area contributed by atoms with Crippen molar-refractivity contribution >= 4 is 46.4 Å². The number of nitrogens with zero attached hydrogens (tertiary/aromatic N) is 2. The van der Waals surface area contributed by atoms with Crippen molar-refractivity contribution in [2.45, 2.75) is 18.9 Å². The summed E-state index contributed by atoms with van der Waals surface area (Å²) < 4.78 is 7.08. The Kier molecular flexibility index (Phi) is 4.30. The van der Waals surface area contributed by atoms with Gasteiger partial charge in [0.2, 0.25) is 5.91 Å². The number of carbonyl (C=O) groups excluding carboxylic acids is 2. The number of imidazole rings is 1. The average molecular weight is 390 g/mol. The van der Waals surface area contributed by atoms with Crippen LogP contribution in [0.25, 0.3) is 5.65 Å². The van der Waals surface area contributed by atoms with Crippen molar-refractivity contribution in [2.75, 3.05) is 5.32 Å². The summed E-state index contributed by atoms with van der Waals surface area (Å²) in [5, 5.41) is 3.65. The Balaban J connectivity index is 1.53. The molecule has 0 bridgehead atoms. The molecule has 0 saturated heterocycles. The van der Waals surface area contributed by atoms with Gasteiger partial charge in [0, 0.05) is 24.5 Å². The molecule has 1 atom stereocenters. The zero-order valence-corrected chi connectivity index (χ0v) is 14.9. The van der Waals surface area contributed by atoms with E-state index < -0.39 is 11.9 Å². The lowest BCUT2D eigenvalue weighted by molar-refractivity contribution is -0.148. The van der Waals surface area contributed by atoms with Crippen molar-refractivity contribution in [3.63, 3.8) is 0 Å². The van der Waals surface area contributed by atoms with Crippen molar-refractivity contribution in [3.05, 3.63) is 64.0 Å². The third-order valence-corrected chi connectivity index (χ3v) is 4.65. The molecule has 6 nitrogen and oxygen atoms in total. The van der Waals surface area contributed by atoms with Crippen LogP contribution in [-0.4, -0.2) is 21.3 Å². The number of hydrogen-bond acceptors (Lipinski definition) is 4. The first-order valence-electron chi connectivity index (χ1n) is 7.89. The van der Waals surface area contributed by atoms with Crippen LogP contribution in [0.2, 0.25) is 10.0 Å². The fourth-order valence-electron chi connectivity index (χ4n) is 3.01. The molecule has 1 aromatic carbocycles. The first kappa shape index (κ1) is 16.9. The minimum Gasteiger partial charge on any atom is -0.459 e. The molecule has 0 saturated carbocycles. The lowest BCUT2D eigenvalue weighted by Gasteiger charge is -2.23. The Morgan fingerprint density at radius 1 is 1.31 bits per heavy atom. The van der Waals surface area contributed by atoms with Crippen molar-refractivity contribution in [2.24, 2.45) is 0 Å². The van der Waals surface area contributed by atoms with Crippen LogP contribution in [0, 0.1) is 0 Å². The molecule has 0 aliphatic carbocycles. The quantitative estimate of drug-likeness (QED) is 0.691. The standard InChI is InChI=1S/C18H13Cl2N3O3/c19-10-5-14(20)17-21-11(8-23(17)7-10)9-26-18(25)13-6-16(24)22-15-4-2-1-3-12(13)15/h1-5,7-8,13H,6,9H2,(H,22,24). The van der Waals surface area contributed by atoms with Crippen LogP contribution in [0.3, 0.4) is 0 Å². The predicted molar refractivity (Wildman–Crippen MR) is 97.4 cm³/mol. The van der Waals surface area contributed by atoms with Gasteiger partial charge in [-0.05, 0) is 17.7 Å². The fraction of sp³-hybridized carbons (Fsp3) is 0.167. The van der Waals surface area contributed by atoms with Crippen LogP contribution >= 0.6 is 23.2 Å². The molecule has 132 valence electrons. The highest BCUT2D eigenvalue weighted by Gasteiger charge is 2.31. The number of ether oxygens (including phenoxy) is 1. The van der Waals surface area contributed by atoms with E-state index in [1.54, 1.807) is 35.0 Å². The number of para-hydroxylation sites is 1. The van der Waals surface area contributed by atoms with E-state index in [1.807, 2.05) is 12.1 Å². The van der Waals surface area contributed by atoms with Gasteiger partial charge >= 0.3 is 5.97 Å². The first-order chi connectivity index (χ1) is 12.5. The number of nitrogens with one attached hydrogen (secondary N) is 1. The van der Waals surface area contributed by atoms with Gasteiger partial charge in [0.1, 0.15) is 6.61 Å². The second kappa shape index (κ2) is 6.63. The van der Waals surface area contributed by atoms with E-state index in [9.17, 15) is 9.59 Å². The summed E-state index contributed by atoms with van der Waals surface area (Å²) in [5.74, 6) is -1.30. The van der Waals surface area contributed by atoms with Gasteiger partial charge < -0.3 is 14.5 Å². The van der Waals surface area contributed by atoms with E-state index in [0.29, 0.717) is 27.1 Å². The maximum atomic E-state index is 12.5. The molecule has 1 unspecified atom stereocenters. The molecule has 1 aliphatic heterocycles. The lowest BCUT2D eigenvalue weighted by atomic mass is 9.91. The predicted octanol–water partition coefficient (Wildman–Crippen LogP) is 3.81. The summed E-state index contributed by atoms with van der Waals surface area (Å²) in [6, 6.07) is 8.80. The molecule has 0 fully saturated rings. The Labute approximate surface area is 158 Å². The number of rotatable bonds is 3. The van der Waals surface area contributed by atoms with Crippen LogP contribution < -0.4 is 5.32 Å². The van der Waals surface area contributed by atoms with Crippen LogP contribution in [0.5, 0.6) is 0 Å². The summed E-state index contributed by atoms with van der Waals surface area (Å²) in [6.07, 6.45) is 3.42. The monoisotopic (exact) mass is 389 g/mol. The molecule has 3 aromatic rings. The van der Waals surface area contributed by atoms with Gasteiger partial charge in [0.15, 0.2) is 5.65 Å². The second-order valence-corrected chi connectivity index (χ2v) is 6.81. The molecule has 0 spiro atoms. The van der Waals surface area contributed by atoms with Gasteiger partial charge in [-0.3, -0.25) is 9.59 Å². The Morgan fingerprint density at radius 2 is 2.12 bits per heavy atom. The molecule has 26 heavy (non-hydrogen) atoms. The van der Waals surface area contributed by atoms with Gasteiger partial charge in [0.25, 0.3) is 0 Å². The molecule has 0 radical (unpaired) electrons. The molecule has 8 heteroatoms. The summed E-state index contributed by atoms with van der Waals surface area (Å²) in [7, 11) is 0. The molecule has 1 N–H and O–H groups in total. The number of fused-ring (bicyclic) bond motifs is 2. The van der Waals surface area contributed by atoms with E-state index in [1.165, 1.54) is 0 Å². The molecular formula is C18H13Cl2N3O3. The minimum atomic E-state index is -0.630. The molecule has 1 amide bonds. The van der Waals surface area contributed by atoms with Gasteiger partial charge in [0.05, 0.1) is 21.7 Å². The number of esters is 1. The number of pyridine rings is 1. The number of carbonyl (C=O) groups is 2. The molecular weight excluding hydrogens is 377 g/mol. The summed E-state index contributed by atoms with van der Waals surface area (Å²) in [4.78, 5) is 28.7. The number of hydrogen-bond donors (Lipinski definition) is 1. The van der Waals surface area contributed by atoms with Crippen molar-refractivity contribution in [1.82, 2.24) is 9.38 Å². The number of amides is 1. The van der Waals surface area contributed by atoms with Gasteiger partial charge in [-0.2, -0.15) is 0 Å². The van der Waals surface area contributed by atoms with Crippen molar-refractivity contribution in [1.29, 1.82) is 0 Å². The number of benzene rings is 1. The molecule has 1 aliphatic rings. The Bertz CT molecular complexity index is 1030. The largest absolute Gasteiger partial charge is 0.459 e. The summed E-state index contributed by atoms with van der Waals surface area (Å²) in [5.41, 5.74) is 2.46. The topological polar surface area (TPSA) is 72.7 Å². The maximum Gasteiger partial charge on any atom is 0.314 e. The van der Waals surface area contributed by atoms with Crippen LogP contribution in [0.1, 0.15) is 23.6 Å². The number of halogens is 2. The first-order valence-corrected chi connectivity index (χ1v) is 8.65. The highest BCUT2D eigenvalue weighted by atomic mass is 35.5. The number of aromatic nitrogens is 2. The van der Waals surface area contributed by atoms with E-state index in [0.717, 1.165) is 5.56 Å². The van der Waals surface area contributed by atoms with E-state index in [4.69, 9.17) is 27.9 Å². The SMILES string of the molecule is O=C1CC(C(=O)OCc2cn3cc(Cl)cc(Cl)c3n2)c2ccccc2N1. The molecule has 4 rings (SSSR count). The third kappa shape index (κ3) is 3.13. The van der Waals surface area contributed by atoms with Crippen LogP contribution in [0.4, 0.5) is 5.69 Å². The fourth-order valence-corrected chi connectivity index (χ4v) is 3.54. The van der Waals surface area contributed by atoms with Crippen molar-refractivity contribution < 1.29 is 14.3 Å². The normalized spacial score (nSPS) is 16.2. The highest BCUT2D eigenvalue weighted by molar-refractivity contribution is 6.36. The third-order valence-electron chi connectivity index (χ3n) is 4.17. The Morgan fingerprint density at radius 3 is 2.96 bits per heavy atom. The van der Waals surface area contributed by atoms with Gasteiger partial charge in [-0.25, -0.2) is 4.98 Å². The summed E-state index contributed by atoms with van der Waals surface area (Å²) in [6.45, 7) is -0.0191. The van der Waals surface area contributed by atoms with Gasteiger partial charge in [-0.15, -0.1) is 0 Å². The number of anilines is 1. The molecule has 2 aromatic heterocycles. The van der Waals surface area contributed by atoms with Crippen molar-refractivity contribution in [3.8, 4) is 0 Å². The van der Waals surface area contributed by atoms with E-state index in [2.05, 4.69) is 10.3 Å². The second-order valence-electron chi connectivity index (χ2n) is 5.97. The Hall–Kier alpha value is -2.57. The smallest absolute Gasteiger partial charge is 0.314 e. The van der Waals surface area contributed by atoms with Crippen LogP contribution in [-0.2, 0) is 20.9 Å². The summed E-state index contributed by atoms with van der Waals surface area (Å²) >= 11 is 12.1. The average Bonchev–Trinajstić information content (AvgIpc) is 3.02. The van der Waals surface area contributed by atoms with Crippen LogP contribution in [0.15, 0.2) is 42.7 Å². The molecule has 3 heterocycles.